The van der Waals surface area contributed by atoms with Crippen LogP contribution in [-0.2, 0) is 15.7 Å². The number of carbonyl (C=O) groups is 1. The van der Waals surface area contributed by atoms with Gasteiger partial charge in [-0.2, -0.15) is 5.26 Å². The van der Waals surface area contributed by atoms with Crippen LogP contribution in [0, 0.1) is 11.3 Å². The van der Waals surface area contributed by atoms with Crippen molar-refractivity contribution in [2.24, 2.45) is 0 Å². The van der Waals surface area contributed by atoms with Gasteiger partial charge in [0.1, 0.15) is 5.82 Å². The van der Waals surface area contributed by atoms with Gasteiger partial charge in [-0.15, -0.1) is 6.58 Å². The molecule has 1 spiro atoms. The number of imidazole rings is 1. The van der Waals surface area contributed by atoms with Crippen molar-refractivity contribution in [2.45, 2.75) is 16.9 Å². The number of aromatic nitrogens is 2. The Bertz CT molecular complexity index is 1520. The molecule has 1 saturated heterocycles. The monoisotopic (exact) mass is 537 g/mol. The summed E-state index contributed by atoms with van der Waals surface area (Å²) in [4.78, 5) is 26.8. The van der Waals surface area contributed by atoms with Crippen LogP contribution in [0.15, 0.2) is 89.9 Å². The Morgan fingerprint density at radius 2 is 1.89 bits per heavy atom. The first-order valence-electron chi connectivity index (χ1n) is 11.8. The molecule has 4 aromatic rings. The molecular formula is C29H24BrN5O. The van der Waals surface area contributed by atoms with E-state index in [0.717, 1.165) is 32.3 Å². The molecule has 7 heteroatoms. The Morgan fingerprint density at radius 3 is 2.61 bits per heavy atom. The van der Waals surface area contributed by atoms with Crippen molar-refractivity contribution in [3.8, 4) is 6.07 Å². The number of para-hydroxylation sites is 3. The summed E-state index contributed by atoms with van der Waals surface area (Å²) in [5.41, 5.74) is 1.62. The molecule has 3 heterocycles. The van der Waals surface area contributed by atoms with Crippen molar-refractivity contribution < 1.29 is 4.79 Å². The first-order valence-corrected chi connectivity index (χ1v) is 12.6. The van der Waals surface area contributed by atoms with Crippen molar-refractivity contribution >= 4 is 38.6 Å². The summed E-state index contributed by atoms with van der Waals surface area (Å²) in [6.07, 6.45) is 1.73. The fourth-order valence-corrected chi connectivity index (χ4v) is 6.60. The molecule has 1 fully saturated rings. The fraction of sp³-hybridized carbons (Fsp3) is 0.207. The van der Waals surface area contributed by atoms with Gasteiger partial charge in [-0.3, -0.25) is 9.69 Å². The molecule has 6 nitrogen and oxygen atoms in total. The summed E-state index contributed by atoms with van der Waals surface area (Å²) >= 11 is 3.53. The Hall–Kier alpha value is -3.73. The quantitative estimate of drug-likeness (QED) is 0.361. The van der Waals surface area contributed by atoms with Crippen LogP contribution in [-0.4, -0.2) is 40.9 Å². The zero-order valence-electron chi connectivity index (χ0n) is 19.8. The molecular weight excluding hydrogens is 514 g/mol. The highest BCUT2D eigenvalue weighted by Crippen LogP contribution is 2.63. The number of anilines is 1. The SMILES string of the molecule is C=CCN1C(=O)[C@]2(c3ccccc31)N(C)C[C@H](c1ccc(Br)cc1)[C@]2(C#N)c1nc2ccccc2[nH]1. The molecule has 0 aliphatic carbocycles. The third-order valence-electron chi connectivity index (χ3n) is 7.78. The van der Waals surface area contributed by atoms with Crippen molar-refractivity contribution in [2.75, 3.05) is 25.0 Å². The minimum absolute atomic E-state index is 0.132. The van der Waals surface area contributed by atoms with E-state index in [0.29, 0.717) is 18.9 Å². The van der Waals surface area contributed by atoms with Gasteiger partial charge in [0, 0.05) is 34.7 Å². The van der Waals surface area contributed by atoms with Crippen molar-refractivity contribution in [1.29, 1.82) is 5.26 Å². The third-order valence-corrected chi connectivity index (χ3v) is 8.31. The number of nitrogens with one attached hydrogen (secondary N) is 1. The van der Waals surface area contributed by atoms with Gasteiger partial charge in [0.2, 0.25) is 0 Å². The molecule has 0 unspecified atom stereocenters. The summed E-state index contributed by atoms with van der Waals surface area (Å²) in [5, 5.41) is 11.2. The maximum absolute atomic E-state index is 14.6. The van der Waals surface area contributed by atoms with E-state index in [1.807, 2.05) is 79.8 Å². The molecule has 3 atom stereocenters. The second-order valence-electron chi connectivity index (χ2n) is 9.44. The third kappa shape index (κ3) is 2.74. The molecule has 2 aliphatic heterocycles. The molecule has 1 aromatic heterocycles. The van der Waals surface area contributed by atoms with Gasteiger partial charge in [-0.1, -0.05) is 64.5 Å². The number of hydrogen-bond acceptors (Lipinski definition) is 4. The Morgan fingerprint density at radius 1 is 1.17 bits per heavy atom. The molecule has 36 heavy (non-hydrogen) atoms. The van der Waals surface area contributed by atoms with Gasteiger partial charge in [0.25, 0.3) is 5.91 Å². The number of nitrogens with zero attached hydrogens (tertiary/aromatic N) is 4. The molecule has 2 aliphatic rings. The number of carbonyl (C=O) groups excluding carboxylic acids is 1. The highest BCUT2D eigenvalue weighted by atomic mass is 79.9. The number of amides is 1. The number of H-pyrrole nitrogens is 1. The minimum atomic E-state index is -1.32. The highest BCUT2D eigenvalue weighted by Gasteiger charge is 2.74. The summed E-state index contributed by atoms with van der Waals surface area (Å²) in [5.74, 6) is 0.0571. The van der Waals surface area contributed by atoms with Gasteiger partial charge in [-0.05, 0) is 42.9 Å². The van der Waals surface area contributed by atoms with Crippen molar-refractivity contribution in [3.63, 3.8) is 0 Å². The number of aromatic amines is 1. The highest BCUT2D eigenvalue weighted by molar-refractivity contribution is 9.10. The largest absolute Gasteiger partial charge is 0.341 e. The van der Waals surface area contributed by atoms with Crippen LogP contribution >= 0.6 is 15.9 Å². The number of benzene rings is 3. The first-order chi connectivity index (χ1) is 17.5. The van der Waals surface area contributed by atoms with Crippen molar-refractivity contribution in [1.82, 2.24) is 14.9 Å². The molecule has 1 amide bonds. The lowest BCUT2D eigenvalue weighted by Gasteiger charge is -2.41. The van der Waals surface area contributed by atoms with E-state index < -0.39 is 11.0 Å². The van der Waals surface area contributed by atoms with Crippen LogP contribution in [0.1, 0.15) is 22.9 Å². The van der Waals surface area contributed by atoms with E-state index in [9.17, 15) is 10.1 Å². The summed E-state index contributed by atoms with van der Waals surface area (Å²) in [6, 6.07) is 26.3. The number of nitriles is 1. The van der Waals surface area contributed by atoms with Gasteiger partial charge in [-0.25, -0.2) is 4.98 Å². The van der Waals surface area contributed by atoms with Crippen LogP contribution < -0.4 is 4.90 Å². The minimum Gasteiger partial charge on any atom is -0.341 e. The predicted molar refractivity (Wildman–Crippen MR) is 144 cm³/mol. The topological polar surface area (TPSA) is 76.0 Å². The maximum Gasteiger partial charge on any atom is 0.254 e. The smallest absolute Gasteiger partial charge is 0.254 e. The number of halogens is 1. The summed E-state index contributed by atoms with van der Waals surface area (Å²) < 4.78 is 0.957. The molecule has 1 N–H and O–H groups in total. The molecule has 3 aromatic carbocycles. The Balaban J connectivity index is 1.72. The van der Waals surface area contributed by atoms with Crippen LogP contribution in [0.5, 0.6) is 0 Å². The molecule has 0 saturated carbocycles. The lowest BCUT2D eigenvalue weighted by molar-refractivity contribution is -0.130. The van der Waals surface area contributed by atoms with Gasteiger partial charge in [0.15, 0.2) is 11.0 Å². The lowest BCUT2D eigenvalue weighted by Crippen LogP contribution is -2.59. The second-order valence-corrected chi connectivity index (χ2v) is 10.4. The van der Waals surface area contributed by atoms with Crippen LogP contribution in [0.3, 0.4) is 0 Å². The number of likely N-dealkylation sites (tertiary alicyclic amines) is 1. The van der Waals surface area contributed by atoms with E-state index in [1.54, 1.807) is 11.0 Å². The maximum atomic E-state index is 14.6. The van der Waals surface area contributed by atoms with E-state index in [1.165, 1.54) is 0 Å². The molecule has 0 radical (unpaired) electrons. The zero-order valence-corrected chi connectivity index (χ0v) is 21.4. The standard InChI is InChI=1S/C29H24BrN5O/c1-3-16-35-25-11-7-4-8-21(25)29(27(35)36)28(18-31,26-32-23-9-5-6-10-24(23)33-26)22(17-34(29)2)19-12-14-20(30)15-13-19/h3-15,22H,1,16-17H2,2H3,(H,32,33)/t22-,28-,29+/m1/s1. The van der Waals surface area contributed by atoms with Gasteiger partial charge < -0.3 is 9.88 Å². The van der Waals surface area contributed by atoms with Crippen LogP contribution in [0.2, 0.25) is 0 Å². The van der Waals surface area contributed by atoms with E-state index in [-0.39, 0.29) is 11.8 Å². The molecule has 0 bridgehead atoms. The number of fused-ring (bicyclic) bond motifs is 3. The molecule has 178 valence electrons. The van der Waals surface area contributed by atoms with Gasteiger partial charge >= 0.3 is 0 Å². The van der Waals surface area contributed by atoms with Crippen molar-refractivity contribution in [3.05, 3.63) is 107 Å². The number of rotatable bonds is 4. The van der Waals surface area contributed by atoms with Gasteiger partial charge in [0.05, 0.1) is 17.1 Å². The fourth-order valence-electron chi connectivity index (χ4n) is 6.33. The average Bonchev–Trinajstić information content (AvgIpc) is 3.52. The second kappa shape index (κ2) is 8.16. The van der Waals surface area contributed by atoms with Crippen LogP contribution in [0.25, 0.3) is 11.0 Å². The Labute approximate surface area is 218 Å². The normalized spacial score (nSPS) is 25.4. The van der Waals surface area contributed by atoms with E-state index in [2.05, 4.69) is 38.5 Å². The average molecular weight is 538 g/mol. The number of likely N-dealkylation sites (N-methyl/N-ethyl adjacent to an activating group) is 1. The lowest BCUT2D eigenvalue weighted by atomic mass is 9.61. The molecule has 6 rings (SSSR count). The Kier molecular flexibility index (Phi) is 5.15. The summed E-state index contributed by atoms with van der Waals surface area (Å²) in [7, 11) is 1.94. The first kappa shape index (κ1) is 22.7. The van der Waals surface area contributed by atoms with E-state index in [4.69, 9.17) is 4.98 Å². The number of hydrogen-bond donors (Lipinski definition) is 1. The van der Waals surface area contributed by atoms with E-state index >= 15 is 0 Å². The van der Waals surface area contributed by atoms with Crippen LogP contribution in [0.4, 0.5) is 5.69 Å². The predicted octanol–water partition coefficient (Wildman–Crippen LogP) is 5.24. The summed E-state index contributed by atoms with van der Waals surface area (Å²) in [6.45, 7) is 4.75. The zero-order chi connectivity index (χ0) is 25.1.